The molecule has 0 heterocycles. The molecule has 0 aromatic carbocycles. The number of hydrogen-bond donors (Lipinski definition) is 1. The predicted molar refractivity (Wildman–Crippen MR) is 71.9 cm³/mol. The molecular weight excluding hydrogens is 208 g/mol. The van der Waals surface area contributed by atoms with Crippen molar-refractivity contribution < 1.29 is 0 Å². The van der Waals surface area contributed by atoms with Gasteiger partial charge in [0, 0.05) is 24.7 Å². The van der Waals surface area contributed by atoms with Crippen LogP contribution in [-0.2, 0) is 0 Å². The summed E-state index contributed by atoms with van der Waals surface area (Å²) in [7, 11) is 0. The first-order valence-corrected chi connectivity index (χ1v) is 7.52. The molecule has 2 nitrogen and oxygen atoms in total. The molecule has 3 aliphatic rings. The van der Waals surface area contributed by atoms with Gasteiger partial charge in [0.2, 0.25) is 0 Å². The first kappa shape index (κ1) is 12.0. The molecule has 0 saturated heterocycles. The van der Waals surface area contributed by atoms with E-state index in [-0.39, 0.29) is 0 Å². The van der Waals surface area contributed by atoms with Crippen LogP contribution in [0.5, 0.6) is 0 Å². The molecule has 0 amide bonds. The van der Waals surface area contributed by atoms with Crippen LogP contribution in [0.3, 0.4) is 0 Å². The highest BCUT2D eigenvalue weighted by Crippen LogP contribution is 2.50. The molecule has 98 valence electrons. The molecule has 2 N–H and O–H groups in total. The summed E-state index contributed by atoms with van der Waals surface area (Å²) in [5.41, 5.74) is 7.08. The van der Waals surface area contributed by atoms with Crippen molar-refractivity contribution in [2.75, 3.05) is 13.1 Å². The molecule has 3 rings (SSSR count). The van der Waals surface area contributed by atoms with E-state index >= 15 is 0 Å². The van der Waals surface area contributed by atoms with Crippen LogP contribution in [-0.4, -0.2) is 29.6 Å². The van der Waals surface area contributed by atoms with Gasteiger partial charge in [-0.2, -0.15) is 0 Å². The van der Waals surface area contributed by atoms with Gasteiger partial charge < -0.3 is 5.73 Å². The molecule has 0 spiro atoms. The minimum absolute atomic E-state index is 0.354. The van der Waals surface area contributed by atoms with Gasteiger partial charge in [-0.3, -0.25) is 4.90 Å². The first-order valence-electron chi connectivity index (χ1n) is 7.52. The van der Waals surface area contributed by atoms with Crippen molar-refractivity contribution in [2.45, 2.75) is 70.4 Å². The van der Waals surface area contributed by atoms with Crippen molar-refractivity contribution in [1.29, 1.82) is 0 Å². The van der Waals surface area contributed by atoms with Crippen molar-refractivity contribution in [3.8, 4) is 0 Å². The second kappa shape index (κ2) is 3.96. The molecule has 2 heteroatoms. The van der Waals surface area contributed by atoms with E-state index in [2.05, 4.69) is 18.7 Å². The Bertz CT molecular complexity index is 291. The van der Waals surface area contributed by atoms with Crippen molar-refractivity contribution in [3.63, 3.8) is 0 Å². The van der Waals surface area contributed by atoms with Gasteiger partial charge >= 0.3 is 0 Å². The lowest BCUT2D eigenvalue weighted by Gasteiger charge is -2.42. The summed E-state index contributed by atoms with van der Waals surface area (Å²) < 4.78 is 0. The molecule has 1 unspecified atom stereocenters. The van der Waals surface area contributed by atoms with E-state index in [4.69, 9.17) is 5.73 Å². The molecule has 3 aliphatic carbocycles. The van der Waals surface area contributed by atoms with Gasteiger partial charge in [-0.1, -0.05) is 13.8 Å². The molecule has 0 aromatic heterocycles. The lowest BCUT2D eigenvalue weighted by Crippen LogP contribution is -2.54. The minimum Gasteiger partial charge on any atom is -0.329 e. The van der Waals surface area contributed by atoms with Crippen LogP contribution >= 0.6 is 0 Å². The minimum atomic E-state index is 0.354. The van der Waals surface area contributed by atoms with E-state index in [9.17, 15) is 0 Å². The molecule has 3 saturated carbocycles. The van der Waals surface area contributed by atoms with Crippen molar-refractivity contribution >= 4 is 0 Å². The van der Waals surface area contributed by atoms with Crippen molar-refractivity contribution in [3.05, 3.63) is 0 Å². The van der Waals surface area contributed by atoms with Gasteiger partial charge in [0.05, 0.1) is 0 Å². The largest absolute Gasteiger partial charge is 0.329 e. The molecule has 0 aromatic rings. The van der Waals surface area contributed by atoms with Gasteiger partial charge in [0.1, 0.15) is 0 Å². The summed E-state index contributed by atoms with van der Waals surface area (Å²) >= 11 is 0. The van der Waals surface area contributed by atoms with Crippen LogP contribution in [0.25, 0.3) is 0 Å². The Hall–Kier alpha value is -0.0800. The van der Waals surface area contributed by atoms with Gasteiger partial charge in [-0.25, -0.2) is 0 Å². The summed E-state index contributed by atoms with van der Waals surface area (Å²) in [4.78, 5) is 2.85. The van der Waals surface area contributed by atoms with Crippen LogP contribution in [0.1, 0.15) is 58.8 Å². The van der Waals surface area contributed by atoms with Gasteiger partial charge in [0.15, 0.2) is 0 Å². The van der Waals surface area contributed by atoms with E-state index in [1.165, 1.54) is 51.5 Å². The lowest BCUT2D eigenvalue weighted by molar-refractivity contribution is 0.0746. The molecule has 1 atom stereocenters. The zero-order valence-corrected chi connectivity index (χ0v) is 11.5. The molecule has 3 fully saturated rings. The summed E-state index contributed by atoms with van der Waals surface area (Å²) in [6.07, 6.45) is 9.79. The fourth-order valence-corrected chi connectivity index (χ4v) is 3.87. The maximum atomic E-state index is 6.21. The molecular formula is C15H28N2. The maximum Gasteiger partial charge on any atom is 0.0340 e. The Balaban J connectivity index is 1.76. The quantitative estimate of drug-likeness (QED) is 0.795. The van der Waals surface area contributed by atoms with Gasteiger partial charge in [-0.05, 0) is 56.3 Å². The van der Waals surface area contributed by atoms with E-state index in [1.54, 1.807) is 0 Å². The summed E-state index contributed by atoms with van der Waals surface area (Å²) in [5.74, 6) is 1.00. The lowest BCUT2D eigenvalue weighted by atomic mass is 9.86. The van der Waals surface area contributed by atoms with Crippen LogP contribution in [0, 0.1) is 11.3 Å². The van der Waals surface area contributed by atoms with E-state index in [0.29, 0.717) is 11.0 Å². The SMILES string of the molecule is CC1(C)CCC(CN)(N(CC2CC2)C2CC2)C1. The monoisotopic (exact) mass is 236 g/mol. The third-order valence-corrected chi connectivity index (χ3v) is 5.20. The predicted octanol–water partition coefficient (Wildman–Crippen LogP) is 2.77. The fourth-order valence-electron chi connectivity index (χ4n) is 3.87. The summed E-state index contributed by atoms with van der Waals surface area (Å²) in [5, 5.41) is 0. The number of nitrogens with two attached hydrogens (primary N) is 1. The maximum absolute atomic E-state index is 6.21. The Morgan fingerprint density at radius 3 is 2.24 bits per heavy atom. The fraction of sp³-hybridized carbons (Fsp3) is 1.00. The topological polar surface area (TPSA) is 29.3 Å². The van der Waals surface area contributed by atoms with Crippen LogP contribution in [0.4, 0.5) is 0 Å². The third kappa shape index (κ3) is 2.39. The Kier molecular flexibility index (Phi) is 2.79. The normalized spacial score (nSPS) is 36.7. The van der Waals surface area contributed by atoms with E-state index in [0.717, 1.165) is 18.5 Å². The van der Waals surface area contributed by atoms with Crippen LogP contribution in [0.15, 0.2) is 0 Å². The molecule has 17 heavy (non-hydrogen) atoms. The molecule has 0 aliphatic heterocycles. The smallest absolute Gasteiger partial charge is 0.0340 e. The highest BCUT2D eigenvalue weighted by molar-refractivity contribution is 5.07. The van der Waals surface area contributed by atoms with Crippen molar-refractivity contribution in [2.24, 2.45) is 17.1 Å². The third-order valence-electron chi connectivity index (χ3n) is 5.20. The second-order valence-corrected chi connectivity index (χ2v) is 7.60. The van der Waals surface area contributed by atoms with Crippen LogP contribution < -0.4 is 5.73 Å². The number of hydrogen-bond acceptors (Lipinski definition) is 2. The summed E-state index contributed by atoms with van der Waals surface area (Å²) in [6.45, 7) is 7.07. The van der Waals surface area contributed by atoms with E-state index < -0.39 is 0 Å². The first-order chi connectivity index (χ1) is 8.05. The standard InChI is InChI=1S/C15H28N2/c1-14(2)7-8-15(10-14,11-16)17(13-5-6-13)9-12-3-4-12/h12-13H,3-11,16H2,1-2H3. The average Bonchev–Trinajstić information content (AvgIpc) is 3.13. The Morgan fingerprint density at radius 1 is 1.12 bits per heavy atom. The molecule has 0 radical (unpaired) electrons. The second-order valence-electron chi connectivity index (χ2n) is 7.60. The number of rotatable bonds is 5. The van der Waals surface area contributed by atoms with Gasteiger partial charge in [-0.15, -0.1) is 0 Å². The van der Waals surface area contributed by atoms with E-state index in [1.807, 2.05) is 0 Å². The van der Waals surface area contributed by atoms with Crippen LogP contribution in [0.2, 0.25) is 0 Å². The highest BCUT2D eigenvalue weighted by Gasteiger charge is 2.51. The highest BCUT2D eigenvalue weighted by atomic mass is 15.3. The Morgan fingerprint density at radius 2 is 1.82 bits per heavy atom. The van der Waals surface area contributed by atoms with Gasteiger partial charge in [0.25, 0.3) is 0 Å². The average molecular weight is 236 g/mol. The molecule has 0 bridgehead atoms. The summed E-state index contributed by atoms with van der Waals surface area (Å²) in [6, 6.07) is 0.882. The van der Waals surface area contributed by atoms with Crippen molar-refractivity contribution in [1.82, 2.24) is 4.90 Å². The zero-order valence-electron chi connectivity index (χ0n) is 11.5. The Labute approximate surface area is 106 Å². The zero-order chi connectivity index (χ0) is 12.1. The number of nitrogens with zero attached hydrogens (tertiary/aromatic N) is 1.